The number of benzene rings is 2. The van der Waals surface area contributed by atoms with Gasteiger partial charge in [-0.15, -0.1) is 0 Å². The van der Waals surface area contributed by atoms with E-state index in [0.29, 0.717) is 5.96 Å². The third-order valence-electron chi connectivity index (χ3n) is 4.58. The molecule has 1 heterocycles. The quantitative estimate of drug-likeness (QED) is 0.863. The van der Waals surface area contributed by atoms with Crippen LogP contribution in [0, 0.1) is 0 Å². The smallest absolute Gasteiger partial charge is 0.196 e. The Hall–Kier alpha value is -1.81. The topological polar surface area (TPSA) is 41.6 Å². The molecule has 2 aliphatic rings. The van der Waals surface area contributed by atoms with E-state index in [9.17, 15) is 0 Å². The van der Waals surface area contributed by atoms with E-state index < -0.39 is 0 Å². The van der Waals surface area contributed by atoms with E-state index in [1.807, 2.05) is 12.1 Å². The predicted molar refractivity (Wildman–Crippen MR) is 89.6 cm³/mol. The molecule has 4 rings (SSSR count). The van der Waals surface area contributed by atoms with E-state index in [0.717, 1.165) is 29.5 Å². The van der Waals surface area contributed by atoms with E-state index in [2.05, 4.69) is 62.2 Å². The van der Waals surface area contributed by atoms with Crippen LogP contribution in [-0.4, -0.2) is 12.5 Å². The maximum atomic E-state index is 6.25. The van der Waals surface area contributed by atoms with E-state index in [1.54, 1.807) is 0 Å². The first kappa shape index (κ1) is 12.9. The fourth-order valence-corrected chi connectivity index (χ4v) is 4.09. The van der Waals surface area contributed by atoms with Gasteiger partial charge in [-0.1, -0.05) is 36.4 Å². The van der Waals surface area contributed by atoms with Crippen LogP contribution < -0.4 is 10.6 Å². The third kappa shape index (κ3) is 1.75. The molecule has 0 radical (unpaired) electrons. The van der Waals surface area contributed by atoms with Crippen LogP contribution >= 0.6 is 15.9 Å². The highest BCUT2D eigenvalue weighted by Gasteiger charge is 2.48. The molecule has 1 unspecified atom stereocenters. The van der Waals surface area contributed by atoms with Crippen molar-refractivity contribution in [1.82, 2.24) is 0 Å². The zero-order valence-corrected chi connectivity index (χ0v) is 13.2. The Labute approximate surface area is 132 Å². The van der Waals surface area contributed by atoms with Crippen LogP contribution in [0.5, 0.6) is 0 Å². The van der Waals surface area contributed by atoms with Crippen molar-refractivity contribution in [3.05, 3.63) is 64.1 Å². The van der Waals surface area contributed by atoms with Crippen molar-refractivity contribution in [2.45, 2.75) is 18.4 Å². The first-order valence-electron chi connectivity index (χ1n) is 7.15. The molecule has 2 N–H and O–H groups in total. The Kier molecular flexibility index (Phi) is 2.82. The van der Waals surface area contributed by atoms with Crippen LogP contribution in [0.4, 0.5) is 5.69 Å². The monoisotopic (exact) mass is 341 g/mol. The van der Waals surface area contributed by atoms with E-state index >= 15 is 0 Å². The number of guanidine groups is 1. The van der Waals surface area contributed by atoms with E-state index in [4.69, 9.17) is 5.73 Å². The van der Waals surface area contributed by atoms with Crippen molar-refractivity contribution < 1.29 is 0 Å². The first-order valence-corrected chi connectivity index (χ1v) is 7.95. The number of rotatable bonds is 1. The molecule has 0 amide bonds. The number of fused-ring (bicyclic) bond motifs is 2. The summed E-state index contributed by atoms with van der Waals surface area (Å²) in [5.74, 6) is 0.610. The number of nitrogens with two attached hydrogens (primary N) is 1. The predicted octanol–water partition coefficient (Wildman–Crippen LogP) is 3.43. The van der Waals surface area contributed by atoms with Crippen LogP contribution in [0.2, 0.25) is 0 Å². The lowest BCUT2D eigenvalue weighted by atomic mass is 9.90. The summed E-state index contributed by atoms with van der Waals surface area (Å²) >= 11 is 3.65. The van der Waals surface area contributed by atoms with Crippen LogP contribution in [0.3, 0.4) is 0 Å². The number of aliphatic imine (C=N–C) groups is 1. The van der Waals surface area contributed by atoms with Crippen molar-refractivity contribution in [2.75, 3.05) is 11.4 Å². The molecule has 1 aliphatic carbocycles. The number of hydrogen-bond acceptors (Lipinski definition) is 3. The van der Waals surface area contributed by atoms with Gasteiger partial charge < -0.3 is 5.73 Å². The maximum Gasteiger partial charge on any atom is 0.196 e. The van der Waals surface area contributed by atoms with Gasteiger partial charge in [-0.2, -0.15) is 0 Å². The zero-order valence-electron chi connectivity index (χ0n) is 11.6. The Morgan fingerprint density at radius 1 is 1.10 bits per heavy atom. The molecule has 2 aromatic carbocycles. The average Bonchev–Trinajstić information content (AvgIpc) is 3.03. The van der Waals surface area contributed by atoms with Gasteiger partial charge in [0.1, 0.15) is 0 Å². The molecule has 1 aliphatic heterocycles. The van der Waals surface area contributed by atoms with E-state index in [1.165, 1.54) is 11.1 Å². The summed E-state index contributed by atoms with van der Waals surface area (Å²) in [6.45, 7) is 0.733. The number of aryl methyl sites for hydroxylation is 1. The molecule has 2 aromatic rings. The van der Waals surface area contributed by atoms with Gasteiger partial charge in [0.2, 0.25) is 0 Å². The Balaban J connectivity index is 1.90. The van der Waals surface area contributed by atoms with Gasteiger partial charge in [-0.05, 0) is 52.0 Å². The first-order chi connectivity index (χ1) is 10.2. The zero-order chi connectivity index (χ0) is 14.4. The van der Waals surface area contributed by atoms with Gasteiger partial charge >= 0.3 is 0 Å². The normalized spacial score (nSPS) is 23.5. The summed E-state index contributed by atoms with van der Waals surface area (Å²) < 4.78 is 1.05. The van der Waals surface area contributed by atoms with Gasteiger partial charge in [-0.3, -0.25) is 9.89 Å². The molecular formula is C17H16BrN3. The molecule has 1 atom stereocenters. The SMILES string of the molecule is NC1=NCC2(CCc3ccccc32)N1c1ccccc1Br. The summed E-state index contributed by atoms with van der Waals surface area (Å²) in [6, 6.07) is 16.9. The lowest BCUT2D eigenvalue weighted by molar-refractivity contribution is 0.476. The standard InChI is InChI=1S/C17H16BrN3/c18-14-7-3-4-8-15(14)21-16(19)20-11-17(21)10-9-12-5-1-2-6-13(12)17/h1-8H,9-11H2,(H2,19,20). The second-order valence-electron chi connectivity index (χ2n) is 5.65. The van der Waals surface area contributed by atoms with Gasteiger partial charge in [0.25, 0.3) is 0 Å². The summed E-state index contributed by atoms with van der Waals surface area (Å²) in [6.07, 6.45) is 2.14. The largest absolute Gasteiger partial charge is 0.369 e. The Morgan fingerprint density at radius 2 is 1.86 bits per heavy atom. The van der Waals surface area contributed by atoms with Gasteiger partial charge in [0, 0.05) is 4.47 Å². The molecule has 0 saturated carbocycles. The molecule has 106 valence electrons. The van der Waals surface area contributed by atoms with Crippen molar-refractivity contribution >= 4 is 27.6 Å². The molecule has 21 heavy (non-hydrogen) atoms. The summed E-state index contributed by atoms with van der Waals surface area (Å²) in [5.41, 5.74) is 10.00. The second-order valence-corrected chi connectivity index (χ2v) is 6.50. The summed E-state index contributed by atoms with van der Waals surface area (Å²) in [5, 5.41) is 0. The average molecular weight is 342 g/mol. The number of anilines is 1. The van der Waals surface area contributed by atoms with Gasteiger partial charge in [0.05, 0.1) is 17.8 Å². The minimum absolute atomic E-state index is 0.120. The molecule has 0 aromatic heterocycles. The molecule has 0 bridgehead atoms. The van der Waals surface area contributed by atoms with Crippen molar-refractivity contribution in [1.29, 1.82) is 0 Å². The van der Waals surface area contributed by atoms with Crippen molar-refractivity contribution in [3.63, 3.8) is 0 Å². The van der Waals surface area contributed by atoms with Crippen LogP contribution in [0.15, 0.2) is 58.0 Å². The van der Waals surface area contributed by atoms with Crippen LogP contribution in [0.25, 0.3) is 0 Å². The van der Waals surface area contributed by atoms with Gasteiger partial charge in [-0.25, -0.2) is 0 Å². The molecule has 0 saturated heterocycles. The second kappa shape index (κ2) is 4.60. The summed E-state index contributed by atoms with van der Waals surface area (Å²) in [4.78, 5) is 6.78. The Morgan fingerprint density at radius 3 is 2.71 bits per heavy atom. The van der Waals surface area contributed by atoms with E-state index in [-0.39, 0.29) is 5.54 Å². The number of hydrogen-bond donors (Lipinski definition) is 1. The third-order valence-corrected chi connectivity index (χ3v) is 5.25. The molecule has 4 heteroatoms. The minimum Gasteiger partial charge on any atom is -0.369 e. The highest BCUT2D eigenvalue weighted by molar-refractivity contribution is 9.10. The highest BCUT2D eigenvalue weighted by atomic mass is 79.9. The number of nitrogens with zero attached hydrogens (tertiary/aromatic N) is 2. The van der Waals surface area contributed by atoms with Gasteiger partial charge in [0.15, 0.2) is 5.96 Å². The maximum absolute atomic E-state index is 6.25. The highest BCUT2D eigenvalue weighted by Crippen LogP contribution is 2.47. The molecular weight excluding hydrogens is 326 g/mol. The lowest BCUT2D eigenvalue weighted by Gasteiger charge is -2.37. The minimum atomic E-state index is -0.120. The van der Waals surface area contributed by atoms with Crippen LogP contribution in [0.1, 0.15) is 17.5 Å². The van der Waals surface area contributed by atoms with Crippen molar-refractivity contribution in [3.8, 4) is 0 Å². The van der Waals surface area contributed by atoms with Crippen LogP contribution in [-0.2, 0) is 12.0 Å². The molecule has 3 nitrogen and oxygen atoms in total. The number of para-hydroxylation sites is 1. The van der Waals surface area contributed by atoms with Crippen molar-refractivity contribution in [2.24, 2.45) is 10.7 Å². The lowest BCUT2D eigenvalue weighted by Crippen LogP contribution is -2.48. The fourth-order valence-electron chi connectivity index (χ4n) is 3.62. The molecule has 1 spiro atoms. The summed E-state index contributed by atoms with van der Waals surface area (Å²) in [7, 11) is 0. The fraction of sp³-hybridized carbons (Fsp3) is 0.235. The Bertz CT molecular complexity index is 740. The molecule has 0 fully saturated rings. The number of halogens is 1.